The number of halogens is 2. The van der Waals surface area contributed by atoms with Crippen LogP contribution >= 0.6 is 15.9 Å². The molecule has 4 nitrogen and oxygen atoms in total. The zero-order chi connectivity index (χ0) is 10.3. The second-order valence-electron chi connectivity index (χ2n) is 2.66. The number of aromatic amines is 1. The number of aromatic nitrogens is 2. The molecule has 0 spiro atoms. The van der Waals surface area contributed by atoms with Crippen LogP contribution in [0.2, 0.25) is 0 Å². The lowest BCUT2D eigenvalue weighted by atomic mass is 10.2. The predicted octanol–water partition coefficient (Wildman–Crippen LogP) is 2.16. The van der Waals surface area contributed by atoms with Gasteiger partial charge in [0.15, 0.2) is 5.69 Å². The van der Waals surface area contributed by atoms with E-state index in [1.807, 2.05) is 0 Å². The van der Waals surface area contributed by atoms with Crippen LogP contribution in [0.5, 0.6) is 0 Å². The first kappa shape index (κ1) is 9.14. The summed E-state index contributed by atoms with van der Waals surface area (Å²) < 4.78 is 13.2. The molecule has 1 heterocycles. The normalized spacial score (nSPS) is 10.7. The monoisotopic (exact) mass is 258 g/mol. The van der Waals surface area contributed by atoms with Crippen molar-refractivity contribution in [1.82, 2.24) is 10.2 Å². The van der Waals surface area contributed by atoms with E-state index in [-0.39, 0.29) is 15.7 Å². The maximum Gasteiger partial charge on any atom is 0.354 e. The first-order valence-corrected chi connectivity index (χ1v) is 4.46. The number of fused-ring (bicyclic) bond motifs is 1. The Morgan fingerprint density at radius 3 is 2.93 bits per heavy atom. The number of carbonyl (C=O) groups is 1. The van der Waals surface area contributed by atoms with Gasteiger partial charge in [-0.25, -0.2) is 9.18 Å². The standard InChI is InChI=1S/C8H4BrFN2O2/c9-5-4(10)2-1-3-6(5)11-12-7(3)8(13)14/h1-2H,(H,11,12)(H,13,14). The van der Waals surface area contributed by atoms with E-state index in [2.05, 4.69) is 26.1 Å². The Bertz CT molecular complexity index is 523. The summed E-state index contributed by atoms with van der Waals surface area (Å²) in [6.07, 6.45) is 0. The molecule has 2 rings (SSSR count). The minimum atomic E-state index is -1.12. The lowest BCUT2D eigenvalue weighted by Gasteiger charge is -1.94. The summed E-state index contributed by atoms with van der Waals surface area (Å²) >= 11 is 2.99. The zero-order valence-corrected chi connectivity index (χ0v) is 8.30. The Labute approximate surface area is 85.9 Å². The summed E-state index contributed by atoms with van der Waals surface area (Å²) in [5.41, 5.74) is 0.239. The third-order valence-corrected chi connectivity index (χ3v) is 2.59. The first-order valence-electron chi connectivity index (χ1n) is 3.66. The molecule has 0 aliphatic carbocycles. The van der Waals surface area contributed by atoms with Crippen LogP contribution < -0.4 is 0 Å². The highest BCUT2D eigenvalue weighted by molar-refractivity contribution is 9.10. The van der Waals surface area contributed by atoms with Crippen molar-refractivity contribution in [3.05, 3.63) is 28.1 Å². The molecule has 0 saturated heterocycles. The Hall–Kier alpha value is -1.43. The quantitative estimate of drug-likeness (QED) is 0.824. The number of benzene rings is 1. The van der Waals surface area contributed by atoms with Crippen molar-refractivity contribution in [2.24, 2.45) is 0 Å². The molecule has 0 saturated carbocycles. The molecule has 2 N–H and O–H groups in total. The second kappa shape index (κ2) is 3.06. The van der Waals surface area contributed by atoms with E-state index in [0.29, 0.717) is 5.39 Å². The van der Waals surface area contributed by atoms with Crippen molar-refractivity contribution in [2.45, 2.75) is 0 Å². The minimum absolute atomic E-state index is 0.0410. The van der Waals surface area contributed by atoms with Gasteiger partial charge in [-0.05, 0) is 28.1 Å². The lowest BCUT2D eigenvalue weighted by molar-refractivity contribution is 0.0692. The molecule has 0 amide bonds. The summed E-state index contributed by atoms with van der Waals surface area (Å²) in [7, 11) is 0. The molecule has 2 aromatic rings. The Balaban J connectivity index is 2.83. The van der Waals surface area contributed by atoms with E-state index in [1.54, 1.807) is 0 Å². The van der Waals surface area contributed by atoms with Crippen LogP contribution in [0, 0.1) is 5.82 Å². The fourth-order valence-corrected chi connectivity index (χ4v) is 1.62. The molecule has 6 heteroatoms. The van der Waals surface area contributed by atoms with E-state index in [4.69, 9.17) is 5.11 Å². The van der Waals surface area contributed by atoms with Crippen molar-refractivity contribution >= 4 is 32.8 Å². The van der Waals surface area contributed by atoms with Crippen LogP contribution in [0.25, 0.3) is 10.9 Å². The van der Waals surface area contributed by atoms with Gasteiger partial charge in [-0.1, -0.05) is 0 Å². The van der Waals surface area contributed by atoms with Gasteiger partial charge in [0.05, 0.1) is 4.47 Å². The van der Waals surface area contributed by atoms with Gasteiger partial charge >= 0.3 is 5.97 Å². The molecule has 1 aromatic heterocycles. The van der Waals surface area contributed by atoms with Crippen molar-refractivity contribution in [2.75, 3.05) is 0 Å². The second-order valence-corrected chi connectivity index (χ2v) is 3.45. The average molecular weight is 259 g/mol. The van der Waals surface area contributed by atoms with Gasteiger partial charge < -0.3 is 5.11 Å². The molecular formula is C8H4BrFN2O2. The van der Waals surface area contributed by atoms with E-state index in [9.17, 15) is 9.18 Å². The van der Waals surface area contributed by atoms with Gasteiger partial charge in [0.2, 0.25) is 0 Å². The van der Waals surface area contributed by atoms with Gasteiger partial charge in [-0.15, -0.1) is 0 Å². The van der Waals surface area contributed by atoms with Crippen LogP contribution in [0.15, 0.2) is 16.6 Å². The van der Waals surface area contributed by atoms with Gasteiger partial charge in [0, 0.05) is 5.39 Å². The number of rotatable bonds is 1. The third kappa shape index (κ3) is 1.19. The lowest BCUT2D eigenvalue weighted by Crippen LogP contribution is -1.96. The van der Waals surface area contributed by atoms with Crippen LogP contribution in [-0.4, -0.2) is 21.3 Å². The number of aromatic carboxylic acids is 1. The number of H-pyrrole nitrogens is 1. The van der Waals surface area contributed by atoms with Crippen molar-refractivity contribution in [3.8, 4) is 0 Å². The summed E-state index contributed by atoms with van der Waals surface area (Å²) in [5, 5.41) is 15.2. The molecule has 0 fully saturated rings. The van der Waals surface area contributed by atoms with E-state index < -0.39 is 11.8 Å². The molecule has 0 unspecified atom stereocenters. The van der Waals surface area contributed by atoms with Crippen molar-refractivity contribution < 1.29 is 14.3 Å². The van der Waals surface area contributed by atoms with Gasteiger partial charge in [0.25, 0.3) is 0 Å². The van der Waals surface area contributed by atoms with E-state index >= 15 is 0 Å². The Morgan fingerprint density at radius 1 is 1.57 bits per heavy atom. The molecular weight excluding hydrogens is 255 g/mol. The molecule has 72 valence electrons. The summed E-state index contributed by atoms with van der Waals surface area (Å²) in [5.74, 6) is -1.59. The number of carboxylic acid groups (broad SMARTS) is 1. The maximum absolute atomic E-state index is 13.0. The Morgan fingerprint density at radius 2 is 2.29 bits per heavy atom. The number of hydrogen-bond acceptors (Lipinski definition) is 2. The predicted molar refractivity (Wildman–Crippen MR) is 50.7 cm³/mol. The average Bonchev–Trinajstić information content (AvgIpc) is 2.55. The molecule has 0 bridgehead atoms. The van der Waals surface area contributed by atoms with Gasteiger partial charge in [0.1, 0.15) is 11.3 Å². The van der Waals surface area contributed by atoms with Crippen LogP contribution in [0.1, 0.15) is 10.5 Å². The smallest absolute Gasteiger partial charge is 0.354 e. The minimum Gasteiger partial charge on any atom is -0.477 e. The summed E-state index contributed by atoms with van der Waals surface area (Å²) in [6, 6.07) is 2.57. The number of nitrogens with one attached hydrogen (secondary N) is 1. The summed E-state index contributed by atoms with van der Waals surface area (Å²) in [4.78, 5) is 10.7. The van der Waals surface area contributed by atoms with Crippen LogP contribution in [0.3, 0.4) is 0 Å². The zero-order valence-electron chi connectivity index (χ0n) is 6.71. The first-order chi connectivity index (χ1) is 6.61. The van der Waals surface area contributed by atoms with Crippen LogP contribution in [-0.2, 0) is 0 Å². The van der Waals surface area contributed by atoms with Crippen LogP contribution in [0.4, 0.5) is 4.39 Å². The fourth-order valence-electron chi connectivity index (χ4n) is 1.19. The van der Waals surface area contributed by atoms with E-state index in [0.717, 1.165) is 0 Å². The third-order valence-electron chi connectivity index (χ3n) is 1.83. The highest BCUT2D eigenvalue weighted by Gasteiger charge is 2.15. The Kier molecular flexibility index (Phi) is 1.99. The highest BCUT2D eigenvalue weighted by Crippen LogP contribution is 2.26. The van der Waals surface area contributed by atoms with Crippen molar-refractivity contribution in [1.29, 1.82) is 0 Å². The van der Waals surface area contributed by atoms with E-state index in [1.165, 1.54) is 12.1 Å². The molecule has 14 heavy (non-hydrogen) atoms. The molecule has 0 radical (unpaired) electrons. The largest absolute Gasteiger partial charge is 0.477 e. The molecule has 0 atom stereocenters. The number of carboxylic acids is 1. The van der Waals surface area contributed by atoms with Crippen molar-refractivity contribution in [3.63, 3.8) is 0 Å². The number of hydrogen-bond donors (Lipinski definition) is 2. The van der Waals surface area contributed by atoms with Gasteiger partial charge in [-0.3, -0.25) is 5.10 Å². The summed E-state index contributed by atoms with van der Waals surface area (Å²) in [6.45, 7) is 0. The SMILES string of the molecule is O=C(O)c1[nH]nc2c(Br)c(F)ccc12. The maximum atomic E-state index is 13.0. The molecule has 0 aliphatic heterocycles. The van der Waals surface area contributed by atoms with Gasteiger partial charge in [-0.2, -0.15) is 5.10 Å². The number of nitrogens with zero attached hydrogens (tertiary/aromatic N) is 1. The molecule has 0 aliphatic rings. The highest BCUT2D eigenvalue weighted by atomic mass is 79.9. The fraction of sp³-hybridized carbons (Fsp3) is 0. The topological polar surface area (TPSA) is 66.0 Å². The molecule has 1 aromatic carbocycles.